The quantitative estimate of drug-likeness (QED) is 0.601. The summed E-state index contributed by atoms with van der Waals surface area (Å²) < 4.78 is 22.4. The van der Waals surface area contributed by atoms with E-state index in [4.69, 9.17) is 0 Å². The van der Waals surface area contributed by atoms with Crippen LogP contribution >= 0.6 is 12.6 Å². The molecule has 0 radical (unpaired) electrons. The van der Waals surface area contributed by atoms with E-state index in [9.17, 15) is 8.42 Å². The first-order chi connectivity index (χ1) is 7.54. The van der Waals surface area contributed by atoms with E-state index < -0.39 is 9.84 Å². The second kappa shape index (κ2) is 6.27. The molecule has 0 spiro atoms. The Morgan fingerprint density at radius 3 is 2.38 bits per heavy atom. The van der Waals surface area contributed by atoms with Gasteiger partial charge in [-0.15, -0.1) is 0 Å². The minimum Gasteiger partial charge on any atom is -0.313 e. The van der Waals surface area contributed by atoms with Gasteiger partial charge in [0.25, 0.3) is 0 Å². The van der Waals surface area contributed by atoms with Crippen LogP contribution in [-0.2, 0) is 16.4 Å². The molecule has 1 N–H and O–H groups in total. The van der Waals surface area contributed by atoms with Crippen molar-refractivity contribution in [2.75, 3.05) is 18.6 Å². The summed E-state index contributed by atoms with van der Waals surface area (Å²) in [5.41, 5.74) is 1.09. The van der Waals surface area contributed by atoms with Gasteiger partial charge in [0.1, 0.15) is 0 Å². The van der Waals surface area contributed by atoms with Gasteiger partial charge in [-0.2, -0.15) is 12.6 Å². The summed E-state index contributed by atoms with van der Waals surface area (Å²) >= 11 is 4.12. The third kappa shape index (κ3) is 4.55. The first-order valence-electron chi connectivity index (χ1n) is 5.14. The Kier molecular flexibility index (Phi) is 5.31. The van der Waals surface area contributed by atoms with Crippen molar-refractivity contribution in [3.8, 4) is 0 Å². The average molecular weight is 259 g/mol. The fourth-order valence-electron chi connectivity index (χ4n) is 1.29. The third-order valence-corrected chi connectivity index (χ3v) is 3.64. The molecule has 0 saturated carbocycles. The molecule has 3 nitrogen and oxygen atoms in total. The summed E-state index contributed by atoms with van der Waals surface area (Å²) in [6, 6.07) is 6.96. The molecule has 0 amide bonds. The van der Waals surface area contributed by atoms with Gasteiger partial charge >= 0.3 is 0 Å². The standard InChI is InChI=1S/C11H17NO2S2/c1-16(13,14)11-5-3-10(4-6-11)9-12-7-2-8-15/h3-6,12,15H,2,7-9H2,1H3. The fraction of sp³-hybridized carbons (Fsp3) is 0.455. The van der Waals surface area contributed by atoms with E-state index in [1.165, 1.54) is 6.26 Å². The molecule has 0 saturated heterocycles. The maximum absolute atomic E-state index is 11.2. The minimum absolute atomic E-state index is 0.367. The predicted molar refractivity (Wildman–Crippen MR) is 69.7 cm³/mol. The first-order valence-corrected chi connectivity index (χ1v) is 7.67. The van der Waals surface area contributed by atoms with Crippen molar-refractivity contribution in [1.82, 2.24) is 5.32 Å². The zero-order valence-corrected chi connectivity index (χ0v) is 11.0. The van der Waals surface area contributed by atoms with E-state index in [1.54, 1.807) is 12.1 Å². The topological polar surface area (TPSA) is 46.2 Å². The van der Waals surface area contributed by atoms with Crippen LogP contribution in [0.15, 0.2) is 29.2 Å². The minimum atomic E-state index is -3.08. The van der Waals surface area contributed by atoms with Crippen LogP contribution in [0, 0.1) is 0 Å². The van der Waals surface area contributed by atoms with Gasteiger partial charge in [0.2, 0.25) is 0 Å². The van der Waals surface area contributed by atoms with Crippen molar-refractivity contribution in [3.05, 3.63) is 29.8 Å². The van der Waals surface area contributed by atoms with E-state index in [1.807, 2.05) is 12.1 Å². The number of nitrogens with one attached hydrogen (secondary N) is 1. The summed E-state index contributed by atoms with van der Waals surface area (Å²) in [5, 5.41) is 3.26. The van der Waals surface area contributed by atoms with Crippen LogP contribution < -0.4 is 5.32 Å². The maximum Gasteiger partial charge on any atom is 0.175 e. The van der Waals surface area contributed by atoms with Gasteiger partial charge < -0.3 is 5.32 Å². The van der Waals surface area contributed by atoms with Crippen molar-refractivity contribution in [1.29, 1.82) is 0 Å². The molecule has 0 heterocycles. The second-order valence-corrected chi connectivity index (χ2v) is 6.13. The maximum atomic E-state index is 11.2. The van der Waals surface area contributed by atoms with E-state index in [-0.39, 0.29) is 0 Å². The third-order valence-electron chi connectivity index (χ3n) is 2.19. The molecule has 16 heavy (non-hydrogen) atoms. The zero-order valence-electron chi connectivity index (χ0n) is 9.31. The zero-order chi connectivity index (χ0) is 12.0. The summed E-state index contributed by atoms with van der Waals surface area (Å²) in [6.45, 7) is 1.69. The van der Waals surface area contributed by atoms with Crippen molar-refractivity contribution in [2.45, 2.75) is 17.9 Å². The molecule has 1 rings (SSSR count). The van der Waals surface area contributed by atoms with Crippen molar-refractivity contribution in [2.24, 2.45) is 0 Å². The fourth-order valence-corrected chi connectivity index (χ4v) is 2.08. The van der Waals surface area contributed by atoms with Gasteiger partial charge in [-0.3, -0.25) is 0 Å². The van der Waals surface area contributed by atoms with Crippen LogP contribution in [0.25, 0.3) is 0 Å². The van der Waals surface area contributed by atoms with Gasteiger partial charge in [0.05, 0.1) is 4.90 Å². The SMILES string of the molecule is CS(=O)(=O)c1ccc(CNCCCS)cc1. The van der Waals surface area contributed by atoms with E-state index >= 15 is 0 Å². The number of hydrogen-bond acceptors (Lipinski definition) is 4. The number of benzene rings is 1. The van der Waals surface area contributed by atoms with Gasteiger partial charge in [-0.25, -0.2) is 8.42 Å². The molecule has 0 aliphatic rings. The molecule has 1 aromatic carbocycles. The van der Waals surface area contributed by atoms with E-state index in [2.05, 4.69) is 17.9 Å². The number of rotatable bonds is 6. The molecule has 90 valence electrons. The lowest BCUT2D eigenvalue weighted by molar-refractivity contribution is 0.601. The molecule has 0 fully saturated rings. The summed E-state index contributed by atoms with van der Waals surface area (Å²) in [6.07, 6.45) is 2.25. The highest BCUT2D eigenvalue weighted by Crippen LogP contribution is 2.09. The Balaban J connectivity index is 2.52. The predicted octanol–water partition coefficient (Wildman–Crippen LogP) is 1.50. The molecule has 0 bridgehead atoms. The van der Waals surface area contributed by atoms with Gasteiger partial charge in [0, 0.05) is 12.8 Å². The van der Waals surface area contributed by atoms with E-state index in [0.29, 0.717) is 4.90 Å². The van der Waals surface area contributed by atoms with Gasteiger partial charge in [0.15, 0.2) is 9.84 Å². The average Bonchev–Trinajstić information content (AvgIpc) is 2.24. The van der Waals surface area contributed by atoms with Crippen LogP contribution in [0.2, 0.25) is 0 Å². The van der Waals surface area contributed by atoms with Crippen LogP contribution in [0.4, 0.5) is 0 Å². The van der Waals surface area contributed by atoms with Crippen LogP contribution in [0.5, 0.6) is 0 Å². The summed E-state index contributed by atoms with van der Waals surface area (Å²) in [5.74, 6) is 0.875. The number of sulfone groups is 1. The van der Waals surface area contributed by atoms with Crippen molar-refractivity contribution < 1.29 is 8.42 Å². The molecule has 1 aromatic rings. The number of thiol groups is 1. The highest BCUT2D eigenvalue weighted by atomic mass is 32.2. The Morgan fingerprint density at radius 2 is 1.88 bits per heavy atom. The van der Waals surface area contributed by atoms with Crippen molar-refractivity contribution >= 4 is 22.5 Å². The lowest BCUT2D eigenvalue weighted by Crippen LogP contribution is -2.15. The Bertz CT molecular complexity index is 412. The first kappa shape index (κ1) is 13.5. The summed E-state index contributed by atoms with van der Waals surface area (Å²) in [4.78, 5) is 0.367. The summed E-state index contributed by atoms with van der Waals surface area (Å²) in [7, 11) is -3.08. The van der Waals surface area contributed by atoms with Crippen LogP contribution in [0.3, 0.4) is 0 Å². The molecule has 0 aliphatic heterocycles. The Hall–Kier alpha value is -0.520. The molecule has 5 heteroatoms. The smallest absolute Gasteiger partial charge is 0.175 e. The Morgan fingerprint density at radius 1 is 1.25 bits per heavy atom. The molecule has 0 aromatic heterocycles. The normalized spacial score (nSPS) is 11.6. The van der Waals surface area contributed by atoms with Crippen LogP contribution in [-0.4, -0.2) is 27.0 Å². The Labute approximate surface area is 103 Å². The molecule has 0 aliphatic carbocycles. The highest BCUT2D eigenvalue weighted by Gasteiger charge is 2.05. The molecular weight excluding hydrogens is 242 g/mol. The highest BCUT2D eigenvalue weighted by molar-refractivity contribution is 7.90. The monoisotopic (exact) mass is 259 g/mol. The molecule has 0 atom stereocenters. The largest absolute Gasteiger partial charge is 0.313 e. The second-order valence-electron chi connectivity index (χ2n) is 3.67. The lowest BCUT2D eigenvalue weighted by Gasteiger charge is -2.04. The van der Waals surface area contributed by atoms with Gasteiger partial charge in [-0.1, -0.05) is 12.1 Å². The molecule has 0 unspecified atom stereocenters. The lowest BCUT2D eigenvalue weighted by atomic mass is 10.2. The number of hydrogen-bond donors (Lipinski definition) is 2. The van der Waals surface area contributed by atoms with Crippen molar-refractivity contribution in [3.63, 3.8) is 0 Å². The van der Waals surface area contributed by atoms with Gasteiger partial charge in [-0.05, 0) is 36.4 Å². The van der Waals surface area contributed by atoms with Crippen LogP contribution in [0.1, 0.15) is 12.0 Å². The molecular formula is C11H17NO2S2. The van der Waals surface area contributed by atoms with E-state index in [0.717, 1.165) is 30.8 Å².